The molecule has 0 radical (unpaired) electrons. The second kappa shape index (κ2) is 6.87. The van der Waals surface area contributed by atoms with Crippen LogP contribution in [-0.2, 0) is 20.1 Å². The second-order valence-corrected chi connectivity index (χ2v) is 6.04. The molecule has 0 atom stereocenters. The first kappa shape index (κ1) is 16.1. The van der Waals surface area contributed by atoms with E-state index in [2.05, 4.69) is 9.97 Å². The molecule has 7 heteroatoms. The van der Waals surface area contributed by atoms with Crippen LogP contribution in [0.3, 0.4) is 0 Å². The number of amides is 1. The quantitative estimate of drug-likeness (QED) is 0.707. The fourth-order valence-electron chi connectivity index (χ4n) is 2.86. The van der Waals surface area contributed by atoms with Crippen LogP contribution in [0.2, 0.25) is 0 Å². The molecule has 4 rings (SSSR count). The SMILES string of the molecule is Cn1ccnc1CN(Cc1ccc2c(c1)OCO2)C(=O)c1ccncc1. The van der Waals surface area contributed by atoms with Gasteiger partial charge < -0.3 is 18.9 Å². The molecule has 1 aliphatic rings. The molecule has 1 aromatic carbocycles. The van der Waals surface area contributed by atoms with Crippen molar-refractivity contribution in [2.75, 3.05) is 6.79 Å². The lowest BCUT2D eigenvalue weighted by Gasteiger charge is -2.23. The number of rotatable bonds is 5. The minimum atomic E-state index is -0.0759. The van der Waals surface area contributed by atoms with Crippen molar-refractivity contribution in [3.63, 3.8) is 0 Å². The number of nitrogens with zero attached hydrogens (tertiary/aromatic N) is 4. The van der Waals surface area contributed by atoms with Gasteiger partial charge in [0.1, 0.15) is 5.82 Å². The lowest BCUT2D eigenvalue weighted by Crippen LogP contribution is -2.31. The minimum Gasteiger partial charge on any atom is -0.454 e. The molecule has 0 fully saturated rings. The number of carbonyl (C=O) groups is 1. The van der Waals surface area contributed by atoms with E-state index in [1.54, 1.807) is 35.6 Å². The van der Waals surface area contributed by atoms with Gasteiger partial charge in [-0.2, -0.15) is 0 Å². The summed E-state index contributed by atoms with van der Waals surface area (Å²) in [5.41, 5.74) is 1.56. The Labute approximate surface area is 150 Å². The highest BCUT2D eigenvalue weighted by Crippen LogP contribution is 2.33. The average molecular weight is 350 g/mol. The monoisotopic (exact) mass is 350 g/mol. The summed E-state index contributed by atoms with van der Waals surface area (Å²) in [7, 11) is 1.91. The highest BCUT2D eigenvalue weighted by Gasteiger charge is 2.20. The summed E-state index contributed by atoms with van der Waals surface area (Å²) in [6.45, 7) is 1.06. The first-order valence-electron chi connectivity index (χ1n) is 8.25. The van der Waals surface area contributed by atoms with Crippen LogP contribution in [0.25, 0.3) is 0 Å². The van der Waals surface area contributed by atoms with Crippen LogP contribution in [0, 0.1) is 0 Å². The first-order valence-corrected chi connectivity index (χ1v) is 8.25. The normalized spacial score (nSPS) is 12.2. The zero-order valence-electron chi connectivity index (χ0n) is 14.3. The van der Waals surface area contributed by atoms with Gasteiger partial charge in [-0.1, -0.05) is 6.07 Å². The number of hydrogen-bond donors (Lipinski definition) is 0. The number of fused-ring (bicyclic) bond motifs is 1. The number of hydrogen-bond acceptors (Lipinski definition) is 5. The van der Waals surface area contributed by atoms with E-state index in [4.69, 9.17) is 9.47 Å². The maximum Gasteiger partial charge on any atom is 0.254 e. The molecule has 1 aliphatic heterocycles. The van der Waals surface area contributed by atoms with Gasteiger partial charge in [0.25, 0.3) is 5.91 Å². The molecule has 3 heterocycles. The van der Waals surface area contributed by atoms with Gasteiger partial charge in [-0.3, -0.25) is 9.78 Å². The van der Waals surface area contributed by atoms with E-state index in [0.717, 1.165) is 17.1 Å². The van der Waals surface area contributed by atoms with Gasteiger partial charge in [0.05, 0.1) is 6.54 Å². The summed E-state index contributed by atoms with van der Waals surface area (Å²) in [5, 5.41) is 0. The van der Waals surface area contributed by atoms with Gasteiger partial charge in [-0.15, -0.1) is 0 Å². The average Bonchev–Trinajstić information content (AvgIpc) is 3.30. The molecule has 3 aromatic rings. The molecule has 0 spiro atoms. The Morgan fingerprint density at radius 1 is 1.12 bits per heavy atom. The largest absolute Gasteiger partial charge is 0.454 e. The van der Waals surface area contributed by atoms with Crippen LogP contribution in [0.4, 0.5) is 0 Å². The highest BCUT2D eigenvalue weighted by molar-refractivity contribution is 5.94. The highest BCUT2D eigenvalue weighted by atomic mass is 16.7. The van der Waals surface area contributed by atoms with E-state index in [1.807, 2.05) is 36.0 Å². The van der Waals surface area contributed by atoms with Crippen LogP contribution < -0.4 is 9.47 Å². The number of imidazole rings is 1. The molecule has 0 N–H and O–H groups in total. The molecule has 132 valence electrons. The number of carbonyl (C=O) groups excluding carboxylic acids is 1. The smallest absolute Gasteiger partial charge is 0.254 e. The fourth-order valence-corrected chi connectivity index (χ4v) is 2.86. The van der Waals surface area contributed by atoms with Gasteiger partial charge in [0.15, 0.2) is 11.5 Å². The molecule has 0 unspecified atom stereocenters. The summed E-state index contributed by atoms with van der Waals surface area (Å²) in [6, 6.07) is 9.15. The van der Waals surface area contributed by atoms with E-state index >= 15 is 0 Å². The second-order valence-electron chi connectivity index (χ2n) is 6.04. The van der Waals surface area contributed by atoms with Gasteiger partial charge in [0.2, 0.25) is 6.79 Å². The molecule has 2 aromatic heterocycles. The van der Waals surface area contributed by atoms with E-state index in [9.17, 15) is 4.79 Å². The van der Waals surface area contributed by atoms with Gasteiger partial charge in [0, 0.05) is 43.9 Å². The lowest BCUT2D eigenvalue weighted by molar-refractivity contribution is 0.0724. The molecule has 26 heavy (non-hydrogen) atoms. The van der Waals surface area contributed by atoms with Crippen LogP contribution in [0.1, 0.15) is 21.7 Å². The molecule has 7 nitrogen and oxygen atoms in total. The zero-order chi connectivity index (χ0) is 17.9. The first-order chi connectivity index (χ1) is 12.7. The molecule has 0 saturated carbocycles. The molecular weight excluding hydrogens is 332 g/mol. The molecular formula is C19H18N4O3. The third-order valence-corrected chi connectivity index (χ3v) is 4.28. The maximum absolute atomic E-state index is 13.0. The number of aromatic nitrogens is 3. The summed E-state index contributed by atoms with van der Waals surface area (Å²) in [4.78, 5) is 23.1. The third kappa shape index (κ3) is 3.23. The fraction of sp³-hybridized carbons (Fsp3) is 0.211. The molecule has 0 aliphatic carbocycles. The van der Waals surface area contributed by atoms with Crippen LogP contribution in [0.5, 0.6) is 11.5 Å². The summed E-state index contributed by atoms with van der Waals surface area (Å²) >= 11 is 0. The van der Waals surface area contributed by atoms with Crippen molar-refractivity contribution in [3.8, 4) is 11.5 Å². The number of ether oxygens (including phenoxy) is 2. The Bertz CT molecular complexity index is 924. The number of benzene rings is 1. The number of pyridine rings is 1. The van der Waals surface area contributed by atoms with Crippen LogP contribution in [-0.4, -0.2) is 32.1 Å². The maximum atomic E-state index is 13.0. The predicted molar refractivity (Wildman–Crippen MR) is 93.6 cm³/mol. The van der Waals surface area contributed by atoms with Crippen LogP contribution >= 0.6 is 0 Å². The van der Waals surface area contributed by atoms with E-state index < -0.39 is 0 Å². The Morgan fingerprint density at radius 3 is 2.69 bits per heavy atom. The van der Waals surface area contributed by atoms with E-state index in [1.165, 1.54) is 0 Å². The van der Waals surface area contributed by atoms with Gasteiger partial charge in [-0.05, 0) is 29.8 Å². The van der Waals surface area contributed by atoms with Crippen molar-refractivity contribution < 1.29 is 14.3 Å². The summed E-state index contributed by atoms with van der Waals surface area (Å²) in [5.74, 6) is 2.17. The van der Waals surface area contributed by atoms with Crippen LogP contribution in [0.15, 0.2) is 55.1 Å². The molecule has 0 bridgehead atoms. The van der Waals surface area contributed by atoms with Crippen molar-refractivity contribution in [2.24, 2.45) is 7.05 Å². The Kier molecular flexibility index (Phi) is 4.27. The van der Waals surface area contributed by atoms with Crippen molar-refractivity contribution >= 4 is 5.91 Å². The number of aryl methyl sites for hydroxylation is 1. The standard InChI is InChI=1S/C19H18N4O3/c1-22-9-8-21-18(22)12-23(19(24)15-4-6-20-7-5-15)11-14-2-3-16-17(10-14)26-13-25-16/h2-10H,11-13H2,1H3. The molecule has 1 amide bonds. The van der Waals surface area contributed by atoms with Crippen molar-refractivity contribution in [1.82, 2.24) is 19.4 Å². The minimum absolute atomic E-state index is 0.0759. The lowest BCUT2D eigenvalue weighted by atomic mass is 10.1. The topological polar surface area (TPSA) is 69.5 Å². The van der Waals surface area contributed by atoms with Crippen molar-refractivity contribution in [2.45, 2.75) is 13.1 Å². The van der Waals surface area contributed by atoms with E-state index in [0.29, 0.717) is 24.4 Å². The predicted octanol–water partition coefficient (Wildman–Crippen LogP) is 2.39. The Morgan fingerprint density at radius 2 is 1.92 bits per heavy atom. The summed E-state index contributed by atoms with van der Waals surface area (Å²) in [6.07, 6.45) is 6.83. The van der Waals surface area contributed by atoms with Gasteiger partial charge in [-0.25, -0.2) is 4.98 Å². The summed E-state index contributed by atoms with van der Waals surface area (Å²) < 4.78 is 12.7. The Balaban J connectivity index is 1.61. The van der Waals surface area contributed by atoms with Crippen molar-refractivity contribution in [1.29, 1.82) is 0 Å². The Hall–Kier alpha value is -3.35. The van der Waals surface area contributed by atoms with Crippen molar-refractivity contribution in [3.05, 3.63) is 72.1 Å². The molecule has 0 saturated heterocycles. The third-order valence-electron chi connectivity index (χ3n) is 4.28. The van der Waals surface area contributed by atoms with E-state index in [-0.39, 0.29) is 12.7 Å². The zero-order valence-corrected chi connectivity index (χ0v) is 14.3. The van der Waals surface area contributed by atoms with Gasteiger partial charge >= 0.3 is 0 Å².